The molecule has 0 atom stereocenters. The second-order valence-electron chi connectivity index (χ2n) is 23.4. The van der Waals surface area contributed by atoms with Crippen molar-refractivity contribution in [2.24, 2.45) is 22.9 Å². The summed E-state index contributed by atoms with van der Waals surface area (Å²) in [6.45, 7) is 27.6. The molecule has 540 valence electrons. The van der Waals surface area contributed by atoms with E-state index >= 15 is 0 Å². The summed E-state index contributed by atoms with van der Waals surface area (Å²) >= 11 is 16.3. The minimum Gasteiger partial charge on any atom is -0.468 e. The summed E-state index contributed by atoms with van der Waals surface area (Å²) < 4.78 is 19.1. The Hall–Kier alpha value is -6.37. The van der Waals surface area contributed by atoms with Crippen molar-refractivity contribution in [1.29, 1.82) is 0 Å². The van der Waals surface area contributed by atoms with Crippen molar-refractivity contribution >= 4 is 146 Å². The second-order valence-corrected chi connectivity index (χ2v) is 34.9. The summed E-state index contributed by atoms with van der Waals surface area (Å²) in [5.41, 5.74) is 34.3. The zero-order chi connectivity index (χ0) is 72.8. The molecule has 100 heavy (non-hydrogen) atoms. The number of imide groups is 1. The molecule has 0 saturated carbocycles. The van der Waals surface area contributed by atoms with Gasteiger partial charge in [-0.15, -0.1) is 107 Å². The van der Waals surface area contributed by atoms with Gasteiger partial charge in [0.15, 0.2) is 0 Å². The Morgan fingerprint density at radius 3 is 1.06 bits per heavy atom. The molecule has 0 spiro atoms. The largest absolute Gasteiger partial charge is 0.468 e. The third-order valence-electron chi connectivity index (χ3n) is 16.3. The molecule has 2 amide bonds. The number of thiophene rings is 9. The van der Waals surface area contributed by atoms with Crippen molar-refractivity contribution in [2.45, 2.75) is 159 Å². The molecule has 0 unspecified atom stereocenters. The van der Waals surface area contributed by atoms with Crippen LogP contribution in [0.15, 0.2) is 54.6 Å². The first-order chi connectivity index (χ1) is 48.1. The number of carbonyl (C=O) groups excluding carboxylic acids is 7. The van der Waals surface area contributed by atoms with Gasteiger partial charge >= 0.3 is 5.97 Å². The minimum atomic E-state index is -0.517. The Bertz CT molecular complexity index is 4080. The fourth-order valence-electron chi connectivity index (χ4n) is 11.0. The van der Waals surface area contributed by atoms with Crippen LogP contribution < -0.4 is 22.9 Å². The van der Waals surface area contributed by atoms with Crippen LogP contribution in [0.25, 0.3) is 39.0 Å². The quantitative estimate of drug-likeness (QED) is 0.0129. The van der Waals surface area contributed by atoms with E-state index in [-0.39, 0.29) is 19.3 Å². The summed E-state index contributed by atoms with van der Waals surface area (Å²) in [5, 5.41) is 0.606. The number of ether oxygens (including phenoxy) is 4. The smallest absolute Gasteiger partial charge is 0.333 e. The second kappa shape index (κ2) is 42.9. The zero-order valence-electron chi connectivity index (χ0n) is 58.7. The van der Waals surface area contributed by atoms with Gasteiger partial charge in [0.2, 0.25) is 0 Å². The molecule has 9 aromatic heterocycles. The van der Waals surface area contributed by atoms with Crippen molar-refractivity contribution in [3.05, 3.63) is 153 Å². The molecule has 9 aromatic rings. The summed E-state index contributed by atoms with van der Waals surface area (Å²) in [5.74, 6) is -1.38. The van der Waals surface area contributed by atoms with Crippen LogP contribution in [0.2, 0.25) is 0 Å². The minimum absolute atomic E-state index is 0.128. The number of unbranched alkanes of at least 4 members (excludes halogenated alkanes) is 1. The molecule has 0 aromatic carbocycles. The van der Waals surface area contributed by atoms with Gasteiger partial charge in [-0.2, -0.15) is 0 Å². The molecule has 0 aliphatic carbocycles. The lowest BCUT2D eigenvalue weighted by Crippen LogP contribution is -2.31. The molecule has 1 aliphatic heterocycles. The van der Waals surface area contributed by atoms with Crippen LogP contribution in [-0.2, 0) is 115 Å². The molecule has 1 aliphatic rings. The van der Waals surface area contributed by atoms with E-state index in [9.17, 15) is 33.6 Å². The van der Waals surface area contributed by atoms with Crippen molar-refractivity contribution in [3.8, 4) is 39.0 Å². The van der Waals surface area contributed by atoms with Gasteiger partial charge in [0, 0.05) is 139 Å². The van der Waals surface area contributed by atoms with Crippen LogP contribution in [0.5, 0.6) is 0 Å². The van der Waals surface area contributed by atoms with Crippen LogP contribution >= 0.6 is 102 Å². The van der Waals surface area contributed by atoms with Crippen LogP contribution in [0.3, 0.4) is 0 Å². The first-order valence-electron chi connectivity index (χ1n) is 33.0. The average Bonchev–Trinajstić information content (AvgIpc) is 1.65. The Morgan fingerprint density at radius 1 is 0.380 bits per heavy atom. The molecule has 1 fully saturated rings. The normalized spacial score (nSPS) is 11.6. The number of amides is 2. The van der Waals surface area contributed by atoms with Gasteiger partial charge in [-0.1, -0.05) is 0 Å². The summed E-state index contributed by atoms with van der Waals surface area (Å²) in [6.07, 6.45) is 8.88. The number of carbonyl (C=O) groups is 7. The van der Waals surface area contributed by atoms with Gasteiger partial charge in [-0.25, -0.2) is 4.79 Å². The number of aryl methyl sites for hydroxylation is 11. The summed E-state index contributed by atoms with van der Waals surface area (Å²) in [7, 11) is 0. The molecule has 0 radical (unpaired) electrons. The van der Waals surface area contributed by atoms with Gasteiger partial charge in [0.1, 0.15) is 0 Å². The number of hydrogen-bond donors (Lipinski definition) is 4. The van der Waals surface area contributed by atoms with E-state index in [0.29, 0.717) is 90.0 Å². The highest BCUT2D eigenvalue weighted by molar-refractivity contribution is 7.26. The average molecular weight is 1530 g/mol. The van der Waals surface area contributed by atoms with Gasteiger partial charge in [0.05, 0.1) is 26.4 Å². The van der Waals surface area contributed by atoms with Crippen molar-refractivity contribution < 1.29 is 57.3 Å². The fraction of sp³-hybridized carbons (Fsp3) is 0.419. The van der Waals surface area contributed by atoms with E-state index in [1.54, 1.807) is 68.0 Å². The van der Waals surface area contributed by atoms with E-state index < -0.39 is 17.8 Å². The van der Waals surface area contributed by atoms with Crippen molar-refractivity contribution in [3.63, 3.8) is 0 Å². The first-order valence-corrected chi connectivity index (χ1v) is 40.3. The lowest BCUT2D eigenvalue weighted by atomic mass is 10.0. The van der Waals surface area contributed by atoms with E-state index in [1.807, 2.05) is 34.0 Å². The maximum Gasteiger partial charge on any atom is 0.333 e. The van der Waals surface area contributed by atoms with E-state index in [2.05, 4.69) is 124 Å². The highest BCUT2D eigenvalue weighted by atomic mass is 32.1. The summed E-state index contributed by atoms with van der Waals surface area (Å²) in [6, 6.07) is 19.9. The summed E-state index contributed by atoms with van der Waals surface area (Å²) in [4.78, 5) is 103. The van der Waals surface area contributed by atoms with Gasteiger partial charge in [-0.05, 0) is 232 Å². The molecule has 26 heteroatoms. The predicted octanol–water partition coefficient (Wildman–Crippen LogP) is 15.9. The number of nitrogens with zero attached hydrogens (tertiary/aromatic N) is 1. The van der Waals surface area contributed by atoms with Crippen LogP contribution in [-0.4, -0.2) is 94.8 Å². The van der Waals surface area contributed by atoms with Crippen LogP contribution in [0.1, 0.15) is 131 Å². The highest BCUT2D eigenvalue weighted by Crippen LogP contribution is 2.43. The molecule has 0 bridgehead atoms. The van der Waals surface area contributed by atoms with Crippen molar-refractivity contribution in [1.82, 2.24) is 5.06 Å². The Balaban J connectivity index is 0.000000199. The number of hydroxylamine groups is 2. The van der Waals surface area contributed by atoms with E-state index in [0.717, 1.165) is 57.8 Å². The Labute approximate surface area is 623 Å². The van der Waals surface area contributed by atoms with Gasteiger partial charge in [-0.3, -0.25) is 28.8 Å². The fourth-order valence-corrected chi connectivity index (χ4v) is 20.8. The molecule has 10 rings (SSSR count). The molecular weight excluding hydrogens is 1440 g/mol. The highest BCUT2D eigenvalue weighted by Gasteiger charge is 2.32. The molecule has 10 heterocycles. The Kier molecular flexibility index (Phi) is 35.4. The number of rotatable bonds is 33. The van der Waals surface area contributed by atoms with E-state index in [1.165, 1.54) is 138 Å². The topological polar surface area (TPSA) is 273 Å². The molecule has 1 saturated heterocycles. The lowest BCUT2D eigenvalue weighted by Gasteiger charge is -2.12. The zero-order valence-corrected chi connectivity index (χ0v) is 66.0. The Morgan fingerprint density at radius 2 is 0.710 bits per heavy atom. The standard InChI is InChI=1S/C19H21NO2S3.C15H19NO4S.C15H19NO2S2.C14H17NO2S2.C11H17NO2S/c1-12-14(5-7-20)9-18(23-12)16-3-4-17(25-16)19-10-15(13(2)24-19)6-8-22-11-21;1-10-9-12(11(2)21-10)5-3-4-6-15(19)20-16-13(17)7-8-14(16)18;1-10-12(3-5-16)7-14(19-10)15-8-13(11(2)20-15)4-6-18-9-17;1-9-11(3-4-17-8-16)5-13(18-9)14-6-12(7-15)10(2)19-14;1-8-10(3-5-12)11(9(2)15-8)4-6-14-7-13/h3-4,9-11H,5-8,20H2,1-2H3;9H,3-8H2,1-2H3;7-9H,3-6,16H2,1-2H3;5-6,8H,3-4,7,15H2,1-2H3;7H,3-6,12H2,1-2H3. The van der Waals surface area contributed by atoms with E-state index in [4.69, 9.17) is 46.7 Å². The van der Waals surface area contributed by atoms with Gasteiger partial charge in [0.25, 0.3) is 37.7 Å². The molecular formula is C74H93N5O12S9. The number of hydrogen-bond acceptors (Lipinski definition) is 25. The van der Waals surface area contributed by atoms with Crippen molar-refractivity contribution in [2.75, 3.05) is 46.1 Å². The van der Waals surface area contributed by atoms with Crippen LogP contribution in [0.4, 0.5) is 0 Å². The van der Waals surface area contributed by atoms with Crippen LogP contribution in [0, 0.1) is 69.2 Å². The van der Waals surface area contributed by atoms with Gasteiger partial charge < -0.3 is 46.7 Å². The monoisotopic (exact) mass is 1530 g/mol. The first kappa shape index (κ1) is 82.6. The third-order valence-corrected chi connectivity index (χ3v) is 26.8. The maximum atomic E-state index is 11.6. The number of nitrogens with two attached hydrogens (primary N) is 4. The predicted molar refractivity (Wildman–Crippen MR) is 416 cm³/mol. The lowest BCUT2D eigenvalue weighted by molar-refractivity contribution is -0.197. The molecule has 17 nitrogen and oxygen atoms in total. The maximum absolute atomic E-state index is 11.6. The third kappa shape index (κ3) is 25.0. The SMILES string of the molecule is Cc1cc(CCCCC(=O)ON2C(=O)CCC2=O)c(C)s1.Cc1sc(-c2cc(CCOC=O)c(C)s2)cc1CCN.Cc1sc(-c2cc(CCOC=O)c(C)s2)cc1CN.Cc1sc(-c2ccc(-c3cc(CCOC=O)c(C)s3)s2)cc1CCN.Cc1sc(C)c(CCOC=O)c1CCN. The molecule has 8 N–H and O–H groups in total.